The summed E-state index contributed by atoms with van der Waals surface area (Å²) in [6.07, 6.45) is 2.27. The molecule has 1 unspecified atom stereocenters. The molecule has 1 saturated carbocycles. The van der Waals surface area contributed by atoms with E-state index >= 15 is 0 Å². The Bertz CT molecular complexity index is 639. The van der Waals surface area contributed by atoms with Crippen molar-refractivity contribution in [2.45, 2.75) is 38.8 Å². The van der Waals surface area contributed by atoms with Crippen LogP contribution in [0.3, 0.4) is 0 Å². The first-order chi connectivity index (χ1) is 13.6. The van der Waals surface area contributed by atoms with E-state index in [1.165, 1.54) is 0 Å². The highest BCUT2D eigenvalue weighted by molar-refractivity contribution is 5.80. The molecule has 1 aliphatic carbocycles. The van der Waals surface area contributed by atoms with Crippen LogP contribution in [-0.2, 0) is 4.79 Å². The Morgan fingerprint density at radius 1 is 1.21 bits per heavy atom. The van der Waals surface area contributed by atoms with Crippen LogP contribution in [0, 0.1) is 0 Å². The van der Waals surface area contributed by atoms with Gasteiger partial charge in [-0.15, -0.1) is 0 Å². The van der Waals surface area contributed by atoms with E-state index < -0.39 is 0 Å². The monoisotopic (exact) mass is 387 g/mol. The number of nitrogens with one attached hydrogen (secondary N) is 2. The van der Waals surface area contributed by atoms with Crippen LogP contribution in [0.25, 0.3) is 0 Å². The predicted octanol–water partition coefficient (Wildman–Crippen LogP) is 1.32. The Morgan fingerprint density at radius 2 is 1.93 bits per heavy atom. The van der Waals surface area contributed by atoms with Crippen molar-refractivity contribution in [3.05, 3.63) is 30.3 Å². The van der Waals surface area contributed by atoms with Crippen LogP contribution in [0.1, 0.15) is 26.7 Å². The fraction of sp³-hybridized carbons (Fsp3) is 0.619. The Balaban J connectivity index is 1.45. The van der Waals surface area contributed by atoms with Gasteiger partial charge in [0.25, 0.3) is 0 Å². The minimum Gasteiger partial charge on any atom is -0.489 e. The third kappa shape index (κ3) is 6.71. The van der Waals surface area contributed by atoms with Crippen LogP contribution in [0.15, 0.2) is 35.3 Å². The number of aliphatic imine (C=N–C) groups is 1. The maximum atomic E-state index is 12.0. The summed E-state index contributed by atoms with van der Waals surface area (Å²) in [5, 5.41) is 6.45. The molecule has 0 bridgehead atoms. The average Bonchev–Trinajstić information content (AvgIpc) is 3.50. The van der Waals surface area contributed by atoms with Crippen LogP contribution >= 0.6 is 0 Å². The molecule has 1 saturated heterocycles. The third-order valence-electron chi connectivity index (χ3n) is 4.90. The number of carbonyl (C=O) groups excluding carboxylic acids is 1. The number of amides is 1. The predicted molar refractivity (Wildman–Crippen MR) is 112 cm³/mol. The molecule has 0 spiro atoms. The zero-order valence-corrected chi connectivity index (χ0v) is 17.1. The molecule has 2 N–H and O–H groups in total. The van der Waals surface area contributed by atoms with Gasteiger partial charge in [-0.05, 0) is 38.8 Å². The Labute approximate surface area is 168 Å². The summed E-state index contributed by atoms with van der Waals surface area (Å²) in [5.41, 5.74) is 0. The second-order valence-corrected chi connectivity index (χ2v) is 7.54. The Kier molecular flexibility index (Phi) is 7.54. The van der Waals surface area contributed by atoms with Gasteiger partial charge in [0.15, 0.2) is 5.96 Å². The van der Waals surface area contributed by atoms with Crippen LogP contribution in [0.5, 0.6) is 5.75 Å². The fourth-order valence-corrected chi connectivity index (χ4v) is 3.23. The van der Waals surface area contributed by atoms with Crippen molar-refractivity contribution in [2.24, 2.45) is 4.99 Å². The number of nitrogens with zero attached hydrogens (tertiary/aromatic N) is 3. The molecule has 3 rings (SSSR count). The number of piperazine rings is 1. The van der Waals surface area contributed by atoms with E-state index in [9.17, 15) is 4.79 Å². The molecule has 154 valence electrons. The smallest absolute Gasteiger partial charge is 0.234 e. The summed E-state index contributed by atoms with van der Waals surface area (Å²) < 4.78 is 5.92. The van der Waals surface area contributed by atoms with Crippen LogP contribution in [0.4, 0.5) is 0 Å². The molecular weight excluding hydrogens is 354 g/mol. The highest BCUT2D eigenvalue weighted by Gasteiger charge is 2.26. The van der Waals surface area contributed by atoms with Gasteiger partial charge in [0.05, 0.1) is 13.1 Å². The lowest BCUT2D eigenvalue weighted by Crippen LogP contribution is -2.54. The van der Waals surface area contributed by atoms with Crippen LogP contribution < -0.4 is 15.4 Å². The van der Waals surface area contributed by atoms with Crippen molar-refractivity contribution < 1.29 is 9.53 Å². The van der Waals surface area contributed by atoms with E-state index in [1.807, 2.05) is 37.3 Å². The molecule has 0 radical (unpaired) electrons. The van der Waals surface area contributed by atoms with Gasteiger partial charge in [0.2, 0.25) is 5.91 Å². The summed E-state index contributed by atoms with van der Waals surface area (Å²) in [7, 11) is 0. The average molecular weight is 388 g/mol. The van der Waals surface area contributed by atoms with E-state index in [4.69, 9.17) is 9.73 Å². The van der Waals surface area contributed by atoms with Crippen molar-refractivity contribution in [3.63, 3.8) is 0 Å². The molecule has 1 aromatic carbocycles. The third-order valence-corrected chi connectivity index (χ3v) is 4.90. The van der Waals surface area contributed by atoms with Gasteiger partial charge in [-0.2, -0.15) is 0 Å². The van der Waals surface area contributed by atoms with E-state index in [2.05, 4.69) is 27.4 Å². The minimum atomic E-state index is 0.00321. The first kappa shape index (κ1) is 20.5. The van der Waals surface area contributed by atoms with Crippen molar-refractivity contribution in [1.82, 2.24) is 20.4 Å². The van der Waals surface area contributed by atoms with Gasteiger partial charge in [-0.3, -0.25) is 9.69 Å². The molecule has 1 amide bonds. The largest absolute Gasteiger partial charge is 0.489 e. The normalized spacial score (nSPS) is 19.2. The van der Waals surface area contributed by atoms with Gasteiger partial charge in [-0.25, -0.2) is 4.99 Å². The molecule has 1 heterocycles. The summed E-state index contributed by atoms with van der Waals surface area (Å²) in [6.45, 7) is 9.54. The van der Waals surface area contributed by atoms with E-state index in [0.29, 0.717) is 19.1 Å². The molecule has 1 aliphatic heterocycles. The summed E-state index contributed by atoms with van der Waals surface area (Å²) in [6, 6.07) is 10.3. The lowest BCUT2D eigenvalue weighted by atomic mass is 10.3. The Hall–Kier alpha value is -2.28. The lowest BCUT2D eigenvalue weighted by molar-refractivity contribution is -0.122. The molecule has 0 aromatic heterocycles. The SMILES string of the molecule is CCNC(=NCC(C)Oc1ccccc1)N1CCN(CC(=O)NC2CC2)CC1. The quantitative estimate of drug-likeness (QED) is 0.520. The second-order valence-electron chi connectivity index (χ2n) is 7.54. The van der Waals surface area contributed by atoms with E-state index in [-0.39, 0.29) is 12.0 Å². The van der Waals surface area contributed by atoms with Crippen molar-refractivity contribution in [1.29, 1.82) is 0 Å². The highest BCUT2D eigenvalue weighted by Crippen LogP contribution is 2.18. The zero-order valence-electron chi connectivity index (χ0n) is 17.1. The molecule has 28 heavy (non-hydrogen) atoms. The molecule has 2 aliphatic rings. The van der Waals surface area contributed by atoms with E-state index in [1.54, 1.807) is 0 Å². The molecular formula is C21H33N5O2. The van der Waals surface area contributed by atoms with Gasteiger partial charge in [-0.1, -0.05) is 18.2 Å². The standard InChI is InChI=1S/C21H33N5O2/c1-3-22-21(23-15-17(2)28-19-7-5-4-6-8-19)26-13-11-25(12-14-26)16-20(27)24-18-9-10-18/h4-8,17-18H,3,9-16H2,1-2H3,(H,22,23)(H,24,27). The number of benzene rings is 1. The second kappa shape index (κ2) is 10.3. The molecule has 7 nitrogen and oxygen atoms in total. The molecule has 1 aromatic rings. The van der Waals surface area contributed by atoms with E-state index in [0.717, 1.165) is 57.3 Å². The lowest BCUT2D eigenvalue weighted by Gasteiger charge is -2.36. The first-order valence-electron chi connectivity index (χ1n) is 10.4. The summed E-state index contributed by atoms with van der Waals surface area (Å²) in [5.74, 6) is 1.95. The van der Waals surface area contributed by atoms with Crippen molar-refractivity contribution >= 4 is 11.9 Å². The number of para-hydroxylation sites is 1. The number of rotatable bonds is 8. The number of guanidine groups is 1. The maximum Gasteiger partial charge on any atom is 0.234 e. The number of hydrogen-bond acceptors (Lipinski definition) is 4. The Morgan fingerprint density at radius 3 is 2.57 bits per heavy atom. The number of carbonyl (C=O) groups is 1. The van der Waals surface area contributed by atoms with Gasteiger partial charge in [0.1, 0.15) is 11.9 Å². The minimum absolute atomic E-state index is 0.00321. The fourth-order valence-electron chi connectivity index (χ4n) is 3.23. The summed E-state index contributed by atoms with van der Waals surface area (Å²) in [4.78, 5) is 21.3. The molecule has 7 heteroatoms. The van der Waals surface area contributed by atoms with Gasteiger partial charge in [0, 0.05) is 38.8 Å². The van der Waals surface area contributed by atoms with Gasteiger partial charge < -0.3 is 20.3 Å². The maximum absolute atomic E-state index is 12.0. The number of hydrogen-bond donors (Lipinski definition) is 2. The number of ether oxygens (including phenoxy) is 1. The zero-order chi connectivity index (χ0) is 19.8. The van der Waals surface area contributed by atoms with Crippen LogP contribution in [0.2, 0.25) is 0 Å². The first-order valence-corrected chi connectivity index (χ1v) is 10.4. The van der Waals surface area contributed by atoms with Crippen molar-refractivity contribution in [2.75, 3.05) is 45.8 Å². The molecule has 1 atom stereocenters. The highest BCUT2D eigenvalue weighted by atomic mass is 16.5. The van der Waals surface area contributed by atoms with Crippen molar-refractivity contribution in [3.8, 4) is 5.75 Å². The van der Waals surface area contributed by atoms with Gasteiger partial charge >= 0.3 is 0 Å². The topological polar surface area (TPSA) is 69.2 Å². The molecule has 2 fully saturated rings. The van der Waals surface area contributed by atoms with Crippen LogP contribution in [-0.4, -0.2) is 79.6 Å². The summed E-state index contributed by atoms with van der Waals surface area (Å²) >= 11 is 0.